The quantitative estimate of drug-likeness (QED) is 0.585. The molecule has 28 heavy (non-hydrogen) atoms. The lowest BCUT2D eigenvalue weighted by atomic mass is 10.3. The molecule has 0 aliphatic heterocycles. The highest BCUT2D eigenvalue weighted by molar-refractivity contribution is 7.93. The summed E-state index contributed by atoms with van der Waals surface area (Å²) < 4.78 is 44.0. The van der Waals surface area contributed by atoms with E-state index in [2.05, 4.69) is 14.9 Å². The van der Waals surface area contributed by atoms with Crippen molar-refractivity contribution in [1.29, 1.82) is 0 Å². The third-order valence-electron chi connectivity index (χ3n) is 3.87. The smallest absolute Gasteiger partial charge is 0.263 e. The summed E-state index contributed by atoms with van der Waals surface area (Å²) in [4.78, 5) is 5.51. The maximum Gasteiger partial charge on any atom is 0.263 e. The van der Waals surface area contributed by atoms with Crippen molar-refractivity contribution in [3.8, 4) is 22.2 Å². The van der Waals surface area contributed by atoms with Crippen molar-refractivity contribution in [2.24, 2.45) is 0 Å². The number of hydrogen-bond acceptors (Lipinski definition) is 8. The second-order valence-electron chi connectivity index (χ2n) is 5.69. The number of nitrogens with zero attached hydrogens (tertiary/aromatic N) is 2. The number of halogens is 1. The molecule has 150 valence electrons. The van der Waals surface area contributed by atoms with Gasteiger partial charge in [0, 0.05) is 23.4 Å². The molecule has 0 atom stereocenters. The van der Waals surface area contributed by atoms with Crippen LogP contribution in [0.15, 0.2) is 27.6 Å². The van der Waals surface area contributed by atoms with Crippen LogP contribution in [0.4, 0.5) is 5.69 Å². The van der Waals surface area contributed by atoms with Crippen LogP contribution in [0.2, 0.25) is 5.02 Å². The summed E-state index contributed by atoms with van der Waals surface area (Å²) in [6, 6.07) is 4.55. The molecule has 0 spiro atoms. The number of aryl methyl sites for hydroxylation is 2. The first-order chi connectivity index (χ1) is 13.3. The summed E-state index contributed by atoms with van der Waals surface area (Å²) in [6.07, 6.45) is 0.597. The first-order valence-corrected chi connectivity index (χ1v) is 10.8. The van der Waals surface area contributed by atoms with E-state index >= 15 is 0 Å². The van der Waals surface area contributed by atoms with Crippen LogP contribution in [0.5, 0.6) is 11.5 Å². The van der Waals surface area contributed by atoms with Gasteiger partial charge >= 0.3 is 0 Å². The van der Waals surface area contributed by atoms with Crippen molar-refractivity contribution in [2.45, 2.75) is 25.2 Å². The van der Waals surface area contributed by atoms with Gasteiger partial charge in [-0.15, -0.1) is 11.3 Å². The number of hydrogen-bond donors (Lipinski definition) is 1. The molecule has 11 heteroatoms. The first kappa shape index (κ1) is 20.4. The molecule has 8 nitrogen and oxygen atoms in total. The van der Waals surface area contributed by atoms with Crippen molar-refractivity contribution < 1.29 is 22.4 Å². The molecule has 2 aromatic heterocycles. The summed E-state index contributed by atoms with van der Waals surface area (Å²) in [6.45, 7) is 3.60. The van der Waals surface area contributed by atoms with Gasteiger partial charge in [0.1, 0.15) is 22.1 Å². The summed E-state index contributed by atoms with van der Waals surface area (Å²) in [5.41, 5.74) is 0.130. The van der Waals surface area contributed by atoms with Crippen LogP contribution >= 0.6 is 22.9 Å². The zero-order valence-corrected chi connectivity index (χ0v) is 18.0. The Balaban J connectivity index is 1.98. The third kappa shape index (κ3) is 3.94. The third-order valence-corrected chi connectivity index (χ3v) is 6.82. The molecule has 0 saturated carbocycles. The zero-order valence-electron chi connectivity index (χ0n) is 15.6. The minimum absolute atomic E-state index is 0.101. The Labute approximate surface area is 171 Å². The van der Waals surface area contributed by atoms with E-state index in [0.29, 0.717) is 33.6 Å². The van der Waals surface area contributed by atoms with Gasteiger partial charge in [-0.2, -0.15) is 4.98 Å². The molecule has 0 unspecified atom stereocenters. The molecule has 3 aromatic rings. The van der Waals surface area contributed by atoms with E-state index in [0.717, 1.165) is 0 Å². The first-order valence-electron chi connectivity index (χ1n) is 8.16. The molecule has 0 radical (unpaired) electrons. The van der Waals surface area contributed by atoms with Crippen LogP contribution in [0.1, 0.15) is 17.7 Å². The van der Waals surface area contributed by atoms with Gasteiger partial charge < -0.3 is 14.0 Å². The van der Waals surface area contributed by atoms with E-state index in [4.69, 9.17) is 25.6 Å². The highest BCUT2D eigenvalue weighted by Gasteiger charge is 2.25. The van der Waals surface area contributed by atoms with Gasteiger partial charge in [0.25, 0.3) is 10.0 Å². The minimum atomic E-state index is -3.94. The number of benzene rings is 1. The maximum atomic E-state index is 13.0. The largest absolute Gasteiger partial charge is 0.497 e. The van der Waals surface area contributed by atoms with E-state index in [1.807, 2.05) is 6.92 Å². The monoisotopic (exact) mass is 443 g/mol. The van der Waals surface area contributed by atoms with Gasteiger partial charge in [0.15, 0.2) is 0 Å². The van der Waals surface area contributed by atoms with Crippen LogP contribution in [0.25, 0.3) is 10.7 Å². The molecule has 0 saturated heterocycles. The number of anilines is 1. The average Bonchev–Trinajstić information content (AvgIpc) is 3.29. The van der Waals surface area contributed by atoms with E-state index in [1.165, 1.54) is 37.7 Å². The molecule has 3 rings (SSSR count). The van der Waals surface area contributed by atoms with Crippen LogP contribution < -0.4 is 14.2 Å². The van der Waals surface area contributed by atoms with Crippen LogP contribution in [-0.2, 0) is 16.4 Å². The number of rotatable bonds is 7. The fourth-order valence-electron chi connectivity index (χ4n) is 2.47. The number of methoxy groups -OCH3 is 2. The van der Waals surface area contributed by atoms with Gasteiger partial charge in [-0.25, -0.2) is 8.42 Å². The van der Waals surface area contributed by atoms with Crippen LogP contribution in [0, 0.1) is 6.92 Å². The standard InChI is InChI=1S/C17H18ClN3O5S2/c1-5-15-19-17(20-26-15)13-8-14(9(2)27-13)28(22,23)21-16-11(18)6-10(24-3)7-12(16)25-4/h6-8,21H,5H2,1-4H3. The van der Waals surface area contributed by atoms with Gasteiger partial charge in [-0.3, -0.25) is 4.72 Å². The van der Waals surface area contributed by atoms with Gasteiger partial charge in [0.05, 0.1) is 24.1 Å². The Morgan fingerprint density at radius 3 is 2.61 bits per heavy atom. The van der Waals surface area contributed by atoms with Gasteiger partial charge in [0.2, 0.25) is 11.7 Å². The molecule has 1 aromatic carbocycles. The lowest BCUT2D eigenvalue weighted by Crippen LogP contribution is -2.14. The average molecular weight is 444 g/mol. The van der Waals surface area contributed by atoms with Crippen LogP contribution in [-0.4, -0.2) is 32.8 Å². The SMILES string of the molecule is CCc1nc(-c2cc(S(=O)(=O)Nc3c(Cl)cc(OC)cc3OC)c(C)s2)no1. The minimum Gasteiger partial charge on any atom is -0.497 e. The molecule has 0 amide bonds. The highest BCUT2D eigenvalue weighted by Crippen LogP contribution is 2.39. The molecule has 0 aliphatic carbocycles. The molecule has 0 fully saturated rings. The molecule has 0 aliphatic rings. The predicted octanol–water partition coefficient (Wildman–Crippen LogP) is 4.14. The molecule has 1 N–H and O–H groups in total. The Bertz CT molecular complexity index is 1110. The van der Waals surface area contributed by atoms with Gasteiger partial charge in [-0.1, -0.05) is 23.7 Å². The normalized spacial score (nSPS) is 11.5. The van der Waals surface area contributed by atoms with Crippen molar-refractivity contribution in [3.63, 3.8) is 0 Å². The Morgan fingerprint density at radius 1 is 1.25 bits per heavy atom. The highest BCUT2D eigenvalue weighted by atomic mass is 35.5. The number of sulfonamides is 1. The number of ether oxygens (including phenoxy) is 2. The van der Waals surface area contributed by atoms with Crippen LogP contribution in [0.3, 0.4) is 0 Å². The van der Waals surface area contributed by atoms with E-state index in [9.17, 15) is 8.42 Å². The summed E-state index contributed by atoms with van der Waals surface area (Å²) >= 11 is 7.49. The number of thiophene rings is 1. The second-order valence-corrected chi connectivity index (χ2v) is 9.00. The Hall–Kier alpha value is -2.30. The molecule has 0 bridgehead atoms. The zero-order chi connectivity index (χ0) is 20.5. The molecular formula is C17H18ClN3O5S2. The molecule has 2 heterocycles. The maximum absolute atomic E-state index is 13.0. The number of aromatic nitrogens is 2. The second kappa shape index (κ2) is 7.98. The Morgan fingerprint density at radius 2 is 2.00 bits per heavy atom. The van der Waals surface area contributed by atoms with E-state index < -0.39 is 10.0 Å². The summed E-state index contributed by atoms with van der Waals surface area (Å²) in [7, 11) is -1.04. The van der Waals surface area contributed by atoms with Crippen molar-refractivity contribution in [2.75, 3.05) is 18.9 Å². The van der Waals surface area contributed by atoms with E-state index in [-0.39, 0.29) is 21.4 Å². The molecular weight excluding hydrogens is 426 g/mol. The lowest BCUT2D eigenvalue weighted by Gasteiger charge is -2.14. The summed E-state index contributed by atoms with van der Waals surface area (Å²) in [5, 5.41) is 4.04. The fourth-order valence-corrected chi connectivity index (χ4v) is 5.38. The Kier molecular flexibility index (Phi) is 5.82. The number of nitrogens with one attached hydrogen (secondary N) is 1. The van der Waals surface area contributed by atoms with E-state index in [1.54, 1.807) is 13.0 Å². The fraction of sp³-hybridized carbons (Fsp3) is 0.294. The predicted molar refractivity (Wildman–Crippen MR) is 107 cm³/mol. The topological polar surface area (TPSA) is 104 Å². The van der Waals surface area contributed by atoms with Crippen molar-refractivity contribution >= 4 is 38.6 Å². The van der Waals surface area contributed by atoms with Crippen molar-refractivity contribution in [1.82, 2.24) is 10.1 Å². The summed E-state index contributed by atoms with van der Waals surface area (Å²) in [5.74, 6) is 1.53. The van der Waals surface area contributed by atoms with Gasteiger partial charge in [-0.05, 0) is 13.0 Å². The lowest BCUT2D eigenvalue weighted by molar-refractivity contribution is 0.383. The van der Waals surface area contributed by atoms with Crippen molar-refractivity contribution in [3.05, 3.63) is 34.0 Å².